The summed E-state index contributed by atoms with van der Waals surface area (Å²) in [5, 5.41) is 17.9. The molecule has 5 rings (SSSR count). The molecule has 1 amide bonds. The number of amides is 1. The molecule has 4 N–H and O–H groups in total. The number of aromatic nitrogens is 5. The van der Waals surface area contributed by atoms with Crippen molar-refractivity contribution < 1.29 is 32.5 Å². The Labute approximate surface area is 244 Å². The summed E-state index contributed by atoms with van der Waals surface area (Å²) in [7, 11) is 2.15. The van der Waals surface area contributed by atoms with Gasteiger partial charge in [-0.1, -0.05) is 30.3 Å². The number of halogens is 3. The molecule has 0 atom stereocenters. The molecule has 13 nitrogen and oxygen atoms in total. The number of hydrogen-bond acceptors (Lipinski definition) is 10. The minimum Gasteiger partial charge on any atom is -0.475 e. The van der Waals surface area contributed by atoms with E-state index in [0.29, 0.717) is 46.9 Å². The number of carbonyl (C=O) groups excluding carboxylic acids is 1. The minimum atomic E-state index is -5.08. The van der Waals surface area contributed by atoms with Gasteiger partial charge in [-0.3, -0.25) is 9.78 Å². The van der Waals surface area contributed by atoms with Gasteiger partial charge in [-0.05, 0) is 37.3 Å². The molecule has 0 saturated carbocycles. The van der Waals surface area contributed by atoms with Gasteiger partial charge in [0, 0.05) is 51.0 Å². The maximum atomic E-state index is 13.3. The lowest BCUT2D eigenvalue weighted by Crippen LogP contribution is -2.45. The van der Waals surface area contributed by atoms with E-state index in [2.05, 4.69) is 37.5 Å². The number of nitrogens with zero attached hydrogens (tertiary/aromatic N) is 7. The third kappa shape index (κ3) is 7.45. The number of likely N-dealkylation sites (N-methyl/N-ethyl adjacent to an activating group) is 1. The molecule has 4 heterocycles. The maximum Gasteiger partial charge on any atom is 0.490 e. The zero-order valence-corrected chi connectivity index (χ0v) is 23.6. The molecule has 0 radical (unpaired) electrons. The molecular formula is C27H32F3N9O4. The van der Waals surface area contributed by atoms with E-state index in [-0.39, 0.29) is 11.7 Å². The minimum absolute atomic E-state index is 0.143. The van der Waals surface area contributed by atoms with Gasteiger partial charge in [-0.25, -0.2) is 14.4 Å². The monoisotopic (exact) mass is 603 g/mol. The van der Waals surface area contributed by atoms with Crippen LogP contribution in [0.15, 0.2) is 41.2 Å². The van der Waals surface area contributed by atoms with Gasteiger partial charge >= 0.3 is 12.1 Å². The fourth-order valence-corrected chi connectivity index (χ4v) is 4.63. The smallest absolute Gasteiger partial charge is 0.475 e. The highest BCUT2D eigenvalue weighted by Crippen LogP contribution is 2.33. The molecule has 1 fully saturated rings. The van der Waals surface area contributed by atoms with Crippen molar-refractivity contribution in [3.05, 3.63) is 42.1 Å². The van der Waals surface area contributed by atoms with Crippen LogP contribution in [0.1, 0.15) is 23.7 Å². The van der Waals surface area contributed by atoms with Gasteiger partial charge in [0.1, 0.15) is 5.52 Å². The predicted octanol–water partition coefficient (Wildman–Crippen LogP) is 2.75. The van der Waals surface area contributed by atoms with Gasteiger partial charge in [-0.2, -0.15) is 13.2 Å². The number of hydrogen-bond donors (Lipinski definition) is 3. The second-order valence-electron chi connectivity index (χ2n) is 9.82. The lowest BCUT2D eigenvalue weighted by atomic mass is 10.1. The lowest BCUT2D eigenvalue weighted by Gasteiger charge is -2.32. The van der Waals surface area contributed by atoms with Gasteiger partial charge in [0.05, 0.1) is 16.8 Å². The topological polar surface area (TPSA) is 169 Å². The Bertz CT molecular complexity index is 1550. The number of pyridine rings is 1. The zero-order chi connectivity index (χ0) is 31.1. The van der Waals surface area contributed by atoms with Crippen molar-refractivity contribution >= 4 is 28.7 Å². The Kier molecular flexibility index (Phi) is 9.92. The first-order valence-electron chi connectivity index (χ1n) is 13.5. The summed E-state index contributed by atoms with van der Waals surface area (Å²) < 4.78 is 38.5. The van der Waals surface area contributed by atoms with Crippen molar-refractivity contribution in [1.29, 1.82) is 0 Å². The van der Waals surface area contributed by atoms with Crippen LogP contribution in [-0.4, -0.2) is 104 Å². The largest absolute Gasteiger partial charge is 0.490 e. The van der Waals surface area contributed by atoms with Crippen LogP contribution in [0.3, 0.4) is 0 Å². The molecule has 1 aliphatic rings. The standard InChI is InChI=1S/C25H31N9O2.C2HF3O2/c1-3-34-22-18(25(35)27-10-7-11-33-14-12-32(2)13-15-33)16-28-19(17-8-5-4-6-9-17)20(22)29-24(34)21-23(26)31-36-30-21;3-2(4,5)1(6)7/h4-6,8-9,16H,3,7,10-15H2,1-2H3,(H2,26,31)(H,27,35);(H,6,7). The van der Waals surface area contributed by atoms with Crippen LogP contribution in [0.4, 0.5) is 19.0 Å². The van der Waals surface area contributed by atoms with Crippen LogP contribution >= 0.6 is 0 Å². The number of benzene rings is 1. The number of alkyl halides is 3. The average molecular weight is 604 g/mol. The number of carbonyl (C=O) groups is 2. The van der Waals surface area contributed by atoms with E-state index in [4.69, 9.17) is 25.2 Å². The number of aliphatic carboxylic acids is 1. The SMILES string of the molecule is CCn1c(-c2nonc2N)nc2c(-c3ccccc3)ncc(C(=O)NCCCN3CCN(C)CC3)c21.O=C(O)C(F)(F)F. The highest BCUT2D eigenvalue weighted by atomic mass is 19.4. The summed E-state index contributed by atoms with van der Waals surface area (Å²) in [4.78, 5) is 36.5. The van der Waals surface area contributed by atoms with Gasteiger partial charge in [-0.15, -0.1) is 0 Å². The number of imidazole rings is 1. The van der Waals surface area contributed by atoms with Crippen molar-refractivity contribution in [3.8, 4) is 22.8 Å². The van der Waals surface area contributed by atoms with Gasteiger partial charge in [0.2, 0.25) is 0 Å². The predicted molar refractivity (Wildman–Crippen MR) is 151 cm³/mol. The molecule has 4 aromatic rings. The Hall–Kier alpha value is -4.57. The van der Waals surface area contributed by atoms with Gasteiger partial charge in [0.15, 0.2) is 17.3 Å². The van der Waals surface area contributed by atoms with E-state index in [1.807, 2.05) is 41.8 Å². The van der Waals surface area contributed by atoms with E-state index in [1.165, 1.54) is 0 Å². The van der Waals surface area contributed by atoms with Crippen molar-refractivity contribution in [2.24, 2.45) is 0 Å². The first-order chi connectivity index (χ1) is 20.5. The van der Waals surface area contributed by atoms with Crippen molar-refractivity contribution in [1.82, 2.24) is 40.0 Å². The second-order valence-corrected chi connectivity index (χ2v) is 9.82. The lowest BCUT2D eigenvalue weighted by molar-refractivity contribution is -0.192. The number of anilines is 1. The number of nitrogens with one attached hydrogen (secondary N) is 1. The summed E-state index contributed by atoms with van der Waals surface area (Å²) in [5.74, 6) is -2.31. The first kappa shape index (κ1) is 31.4. The van der Waals surface area contributed by atoms with E-state index in [1.54, 1.807) is 6.20 Å². The van der Waals surface area contributed by atoms with Crippen LogP contribution in [0.5, 0.6) is 0 Å². The number of piperazine rings is 1. The van der Waals surface area contributed by atoms with E-state index in [0.717, 1.165) is 44.7 Å². The number of nitrogen functional groups attached to an aromatic ring is 1. The molecule has 0 aliphatic carbocycles. The van der Waals surface area contributed by atoms with E-state index in [9.17, 15) is 18.0 Å². The molecule has 0 bridgehead atoms. The average Bonchev–Trinajstić information content (AvgIpc) is 3.59. The maximum absolute atomic E-state index is 13.3. The van der Waals surface area contributed by atoms with E-state index < -0.39 is 12.1 Å². The Morgan fingerprint density at radius 1 is 1.09 bits per heavy atom. The summed E-state index contributed by atoms with van der Waals surface area (Å²) in [6, 6.07) is 9.78. The number of rotatable bonds is 8. The van der Waals surface area contributed by atoms with Crippen LogP contribution in [-0.2, 0) is 11.3 Å². The molecule has 1 saturated heterocycles. The molecule has 3 aromatic heterocycles. The van der Waals surface area contributed by atoms with Gasteiger partial charge in [0.25, 0.3) is 5.91 Å². The molecule has 0 unspecified atom stereocenters. The Morgan fingerprint density at radius 2 is 1.77 bits per heavy atom. The van der Waals surface area contributed by atoms with E-state index >= 15 is 0 Å². The number of nitrogens with two attached hydrogens (primary N) is 1. The summed E-state index contributed by atoms with van der Waals surface area (Å²) in [6.45, 7) is 8.36. The highest BCUT2D eigenvalue weighted by molar-refractivity contribution is 6.08. The van der Waals surface area contributed by atoms with Crippen LogP contribution in [0, 0.1) is 0 Å². The molecule has 1 aliphatic heterocycles. The second kappa shape index (κ2) is 13.6. The summed E-state index contributed by atoms with van der Waals surface area (Å²) in [5.41, 5.74) is 9.66. The number of carboxylic acids is 1. The Morgan fingerprint density at radius 3 is 2.35 bits per heavy atom. The zero-order valence-electron chi connectivity index (χ0n) is 23.6. The first-order valence-corrected chi connectivity index (χ1v) is 13.5. The fourth-order valence-electron chi connectivity index (χ4n) is 4.63. The van der Waals surface area contributed by atoms with Crippen molar-refractivity contribution in [3.63, 3.8) is 0 Å². The van der Waals surface area contributed by atoms with Gasteiger partial charge < -0.3 is 30.5 Å². The number of carboxylic acid groups (broad SMARTS) is 1. The quantitative estimate of drug-likeness (QED) is 0.253. The third-order valence-corrected chi connectivity index (χ3v) is 6.88. The highest BCUT2D eigenvalue weighted by Gasteiger charge is 2.38. The Balaban J connectivity index is 0.000000541. The van der Waals surface area contributed by atoms with Crippen LogP contribution in [0.2, 0.25) is 0 Å². The molecule has 230 valence electrons. The molecule has 43 heavy (non-hydrogen) atoms. The van der Waals surface area contributed by atoms with Crippen LogP contribution < -0.4 is 11.1 Å². The molecule has 1 aromatic carbocycles. The molecule has 16 heteroatoms. The van der Waals surface area contributed by atoms with Crippen molar-refractivity contribution in [2.75, 3.05) is 52.0 Å². The number of fused-ring (bicyclic) bond motifs is 1. The van der Waals surface area contributed by atoms with Crippen molar-refractivity contribution in [2.45, 2.75) is 26.1 Å². The normalized spacial score (nSPS) is 14.3. The summed E-state index contributed by atoms with van der Waals surface area (Å²) >= 11 is 0. The number of aryl methyl sites for hydroxylation is 1. The fraction of sp³-hybridized carbons (Fsp3) is 0.407. The summed E-state index contributed by atoms with van der Waals surface area (Å²) in [6.07, 6.45) is -2.57. The van der Waals surface area contributed by atoms with Crippen LogP contribution in [0.25, 0.3) is 33.8 Å². The third-order valence-electron chi connectivity index (χ3n) is 6.88. The molecular weight excluding hydrogens is 571 g/mol. The molecule has 0 spiro atoms.